The maximum absolute atomic E-state index is 13.5. The maximum Gasteiger partial charge on any atom is 0.272 e. The number of hydrogen-bond donors (Lipinski definition) is 2. The van der Waals surface area contributed by atoms with Gasteiger partial charge in [-0.2, -0.15) is 5.10 Å². The molecule has 2 aromatic carbocycles. The van der Waals surface area contributed by atoms with Crippen LogP contribution < -0.4 is 20.1 Å². The van der Waals surface area contributed by atoms with E-state index in [-0.39, 0.29) is 23.9 Å². The number of carbonyl (C=O) groups is 3. The number of ether oxygens (including phenoxy) is 2. The molecule has 9 heteroatoms. The lowest BCUT2D eigenvalue weighted by Crippen LogP contribution is -2.48. The van der Waals surface area contributed by atoms with Crippen LogP contribution in [-0.4, -0.2) is 54.2 Å². The molecule has 9 nitrogen and oxygen atoms in total. The van der Waals surface area contributed by atoms with Gasteiger partial charge in [-0.3, -0.25) is 19.1 Å². The zero-order chi connectivity index (χ0) is 28.4. The van der Waals surface area contributed by atoms with Crippen LogP contribution in [0.25, 0.3) is 11.3 Å². The molecule has 0 unspecified atom stereocenters. The molecule has 1 atom stereocenters. The Kier molecular flexibility index (Phi) is 10.7. The van der Waals surface area contributed by atoms with Crippen molar-refractivity contribution in [2.75, 3.05) is 20.8 Å². The summed E-state index contributed by atoms with van der Waals surface area (Å²) in [7, 11) is 3.16. The molecule has 0 aliphatic rings. The summed E-state index contributed by atoms with van der Waals surface area (Å²) in [5.74, 6) is 0.455. The molecule has 2 N–H and O–H groups in total. The van der Waals surface area contributed by atoms with Crippen molar-refractivity contribution in [1.29, 1.82) is 0 Å². The average molecular weight is 535 g/mol. The van der Waals surface area contributed by atoms with E-state index in [2.05, 4.69) is 29.6 Å². The van der Waals surface area contributed by atoms with Gasteiger partial charge in [-0.1, -0.05) is 57.2 Å². The number of Topliss-reactive ketones (excluding diaryl/α,β-unsaturated/α-hetero) is 1. The second-order valence-corrected chi connectivity index (χ2v) is 9.69. The van der Waals surface area contributed by atoms with Crippen molar-refractivity contribution in [3.63, 3.8) is 0 Å². The minimum Gasteiger partial charge on any atom is -0.496 e. The van der Waals surface area contributed by atoms with Gasteiger partial charge in [0.2, 0.25) is 5.91 Å². The largest absolute Gasteiger partial charge is 0.496 e. The summed E-state index contributed by atoms with van der Waals surface area (Å²) >= 11 is 0. The van der Waals surface area contributed by atoms with Gasteiger partial charge in [0, 0.05) is 13.0 Å². The van der Waals surface area contributed by atoms with Crippen LogP contribution in [0.15, 0.2) is 54.6 Å². The van der Waals surface area contributed by atoms with E-state index >= 15 is 0 Å². The van der Waals surface area contributed by atoms with E-state index in [1.165, 1.54) is 0 Å². The first kappa shape index (κ1) is 29.4. The number of nitrogens with zero attached hydrogens (tertiary/aromatic N) is 2. The smallest absolute Gasteiger partial charge is 0.272 e. The van der Waals surface area contributed by atoms with Crippen LogP contribution in [0.3, 0.4) is 0 Å². The highest BCUT2D eigenvalue weighted by molar-refractivity contribution is 5.98. The average Bonchev–Trinajstić information content (AvgIpc) is 3.36. The lowest BCUT2D eigenvalue weighted by molar-refractivity contribution is -0.126. The Morgan fingerprint density at radius 3 is 2.23 bits per heavy atom. The molecule has 0 saturated heterocycles. The minimum atomic E-state index is -0.846. The zero-order valence-electron chi connectivity index (χ0n) is 23.3. The third kappa shape index (κ3) is 7.92. The van der Waals surface area contributed by atoms with Crippen LogP contribution >= 0.6 is 0 Å². The summed E-state index contributed by atoms with van der Waals surface area (Å²) in [5.41, 5.74) is 2.56. The highest BCUT2D eigenvalue weighted by atomic mass is 16.5. The lowest BCUT2D eigenvalue weighted by atomic mass is 10.0. The van der Waals surface area contributed by atoms with E-state index in [9.17, 15) is 14.4 Å². The van der Waals surface area contributed by atoms with Gasteiger partial charge in [-0.15, -0.1) is 0 Å². The van der Waals surface area contributed by atoms with Gasteiger partial charge in [-0.25, -0.2) is 0 Å². The number of benzene rings is 2. The Morgan fingerprint density at radius 2 is 1.64 bits per heavy atom. The number of methoxy groups -OCH3 is 2. The van der Waals surface area contributed by atoms with E-state index < -0.39 is 17.9 Å². The van der Waals surface area contributed by atoms with Gasteiger partial charge in [0.1, 0.15) is 17.5 Å². The molecule has 3 aromatic rings. The van der Waals surface area contributed by atoms with Crippen LogP contribution in [0, 0.1) is 5.92 Å². The van der Waals surface area contributed by atoms with E-state index in [1.54, 1.807) is 31.9 Å². The van der Waals surface area contributed by atoms with Crippen LogP contribution in [0.2, 0.25) is 0 Å². The molecule has 0 saturated carbocycles. The number of nitrogens with one attached hydrogen (secondary N) is 2. The Balaban J connectivity index is 1.91. The maximum atomic E-state index is 13.5. The van der Waals surface area contributed by atoms with E-state index in [1.807, 2.05) is 48.5 Å². The second kappa shape index (κ2) is 14.1. The van der Waals surface area contributed by atoms with Crippen molar-refractivity contribution in [2.45, 2.75) is 52.6 Å². The van der Waals surface area contributed by atoms with Gasteiger partial charge in [0.05, 0.1) is 32.0 Å². The van der Waals surface area contributed by atoms with Gasteiger partial charge < -0.3 is 20.1 Å². The molecule has 0 fully saturated rings. The van der Waals surface area contributed by atoms with Crippen molar-refractivity contribution in [1.82, 2.24) is 20.4 Å². The number of aryl methyl sites for hydroxylation is 1. The molecule has 3 rings (SSSR count). The second-order valence-electron chi connectivity index (χ2n) is 9.69. The SMILES string of the molecule is CCC(=O)CNC(=O)[C@H](CCc1ccccc1)NC(=O)c1cc(-c2c(OC)cccc2OC)n(CC(C)C)n1. The minimum absolute atomic E-state index is 0.0756. The van der Waals surface area contributed by atoms with Crippen LogP contribution in [-0.2, 0) is 22.6 Å². The third-order valence-corrected chi connectivity index (χ3v) is 6.28. The van der Waals surface area contributed by atoms with Crippen molar-refractivity contribution < 1.29 is 23.9 Å². The Hall–Kier alpha value is -4.14. The standard InChI is InChI=1S/C30H38N4O5/c1-6-22(35)18-31-29(36)23(16-15-21-11-8-7-9-12-21)32-30(37)24-17-25(34(33-24)19-20(2)3)28-26(38-4)13-10-14-27(28)39-5/h7-14,17,20,23H,6,15-16,18-19H2,1-5H3,(H,31,36)(H,32,37)/t23-/m0/s1. The van der Waals surface area contributed by atoms with Gasteiger partial charge in [0.15, 0.2) is 11.5 Å². The fourth-order valence-electron chi connectivity index (χ4n) is 4.21. The summed E-state index contributed by atoms with van der Waals surface area (Å²) in [4.78, 5) is 38.3. The Bertz CT molecular complexity index is 1250. The first-order valence-electron chi connectivity index (χ1n) is 13.2. The number of rotatable bonds is 14. The number of ketones is 1. The number of amides is 2. The topological polar surface area (TPSA) is 112 Å². The van der Waals surface area contributed by atoms with Crippen LogP contribution in [0.4, 0.5) is 0 Å². The monoisotopic (exact) mass is 534 g/mol. The number of hydrogen-bond acceptors (Lipinski definition) is 6. The Labute approximate surface area is 229 Å². The molecule has 0 aliphatic carbocycles. The molecule has 0 aliphatic heterocycles. The first-order chi connectivity index (χ1) is 18.8. The fraction of sp³-hybridized carbons (Fsp3) is 0.400. The predicted octanol–water partition coefficient (Wildman–Crippen LogP) is 4.05. The molecular formula is C30H38N4O5. The molecule has 208 valence electrons. The molecule has 1 aromatic heterocycles. The molecule has 0 spiro atoms. The molecule has 2 amide bonds. The van der Waals surface area contributed by atoms with Crippen molar-refractivity contribution in [2.24, 2.45) is 5.92 Å². The molecular weight excluding hydrogens is 496 g/mol. The fourth-order valence-corrected chi connectivity index (χ4v) is 4.21. The highest BCUT2D eigenvalue weighted by Gasteiger charge is 2.26. The predicted molar refractivity (Wildman–Crippen MR) is 150 cm³/mol. The Morgan fingerprint density at radius 1 is 0.974 bits per heavy atom. The van der Waals surface area contributed by atoms with Gasteiger partial charge >= 0.3 is 0 Å². The number of carbonyl (C=O) groups excluding carboxylic acids is 3. The molecule has 0 radical (unpaired) electrons. The zero-order valence-corrected chi connectivity index (χ0v) is 23.3. The lowest BCUT2D eigenvalue weighted by Gasteiger charge is -2.18. The summed E-state index contributed by atoms with van der Waals surface area (Å²) in [6.07, 6.45) is 1.26. The van der Waals surface area contributed by atoms with E-state index in [0.717, 1.165) is 5.56 Å². The number of aromatic nitrogens is 2. The van der Waals surface area contributed by atoms with Gasteiger partial charge in [-0.05, 0) is 42.5 Å². The van der Waals surface area contributed by atoms with Crippen molar-refractivity contribution in [3.05, 3.63) is 65.9 Å². The molecule has 39 heavy (non-hydrogen) atoms. The van der Waals surface area contributed by atoms with E-state index in [4.69, 9.17) is 9.47 Å². The van der Waals surface area contributed by atoms with E-state index in [0.29, 0.717) is 48.6 Å². The normalized spacial score (nSPS) is 11.6. The van der Waals surface area contributed by atoms with Crippen LogP contribution in [0.5, 0.6) is 11.5 Å². The van der Waals surface area contributed by atoms with Gasteiger partial charge in [0.25, 0.3) is 5.91 Å². The molecule has 1 heterocycles. The quantitative estimate of drug-likeness (QED) is 0.323. The van der Waals surface area contributed by atoms with Crippen molar-refractivity contribution >= 4 is 17.6 Å². The van der Waals surface area contributed by atoms with Crippen LogP contribution in [0.1, 0.15) is 49.7 Å². The molecule has 0 bridgehead atoms. The summed E-state index contributed by atoms with van der Waals surface area (Å²) < 4.78 is 13.0. The first-order valence-corrected chi connectivity index (χ1v) is 13.2. The third-order valence-electron chi connectivity index (χ3n) is 6.28. The van der Waals surface area contributed by atoms with Crippen molar-refractivity contribution in [3.8, 4) is 22.8 Å². The summed E-state index contributed by atoms with van der Waals surface area (Å²) in [5, 5.41) is 10.1. The highest BCUT2D eigenvalue weighted by Crippen LogP contribution is 2.38. The summed E-state index contributed by atoms with van der Waals surface area (Å²) in [6, 6.07) is 16.0. The summed E-state index contributed by atoms with van der Waals surface area (Å²) in [6.45, 7) is 6.35.